The maximum absolute atomic E-state index is 5.98. The van der Waals surface area contributed by atoms with Crippen molar-refractivity contribution in [3.05, 3.63) is 33.8 Å². The summed E-state index contributed by atoms with van der Waals surface area (Å²) in [7, 11) is 0. The molecule has 1 fully saturated rings. The van der Waals surface area contributed by atoms with Crippen LogP contribution in [0.4, 0.5) is 0 Å². The van der Waals surface area contributed by atoms with Crippen LogP contribution in [0.1, 0.15) is 18.6 Å². The lowest BCUT2D eigenvalue weighted by Crippen LogP contribution is -2.33. The Hall–Kier alpha value is -0.280. The molecule has 0 radical (unpaired) electrons. The molecule has 2 nitrogen and oxygen atoms in total. The van der Waals surface area contributed by atoms with E-state index in [2.05, 4.69) is 0 Å². The van der Waals surface area contributed by atoms with Crippen LogP contribution >= 0.6 is 23.2 Å². The van der Waals surface area contributed by atoms with Crippen molar-refractivity contribution in [3.63, 3.8) is 0 Å². The summed E-state index contributed by atoms with van der Waals surface area (Å²) in [6.07, 6.45) is -0.126. The van der Waals surface area contributed by atoms with Gasteiger partial charge in [0.25, 0.3) is 0 Å². The van der Waals surface area contributed by atoms with Crippen molar-refractivity contribution in [2.75, 3.05) is 0 Å². The minimum Gasteiger partial charge on any atom is -0.230 e. The molecule has 1 saturated heterocycles. The first-order chi connectivity index (χ1) is 6.20. The van der Waals surface area contributed by atoms with Crippen LogP contribution in [-0.4, -0.2) is 6.10 Å². The van der Waals surface area contributed by atoms with Crippen LogP contribution in [0, 0.1) is 0 Å². The summed E-state index contributed by atoms with van der Waals surface area (Å²) < 4.78 is 0. The third kappa shape index (κ3) is 1.55. The zero-order valence-electron chi connectivity index (χ0n) is 6.96. The minimum atomic E-state index is -0.138. The van der Waals surface area contributed by atoms with E-state index in [9.17, 15) is 0 Å². The van der Waals surface area contributed by atoms with Gasteiger partial charge in [-0.15, -0.1) is 0 Å². The van der Waals surface area contributed by atoms with Gasteiger partial charge in [0.05, 0.1) is 0 Å². The van der Waals surface area contributed by atoms with Crippen LogP contribution in [0.5, 0.6) is 0 Å². The highest BCUT2D eigenvalue weighted by Crippen LogP contribution is 2.40. The van der Waals surface area contributed by atoms with Gasteiger partial charge in [-0.3, -0.25) is 0 Å². The predicted molar refractivity (Wildman–Crippen MR) is 50.8 cm³/mol. The predicted octanol–water partition coefficient (Wildman–Crippen LogP) is 3.38. The Labute approximate surface area is 86.3 Å². The summed E-state index contributed by atoms with van der Waals surface area (Å²) in [5.74, 6) is 0. The molecule has 2 rings (SSSR count). The molecule has 0 aliphatic carbocycles. The van der Waals surface area contributed by atoms with E-state index in [4.69, 9.17) is 33.0 Å². The quantitative estimate of drug-likeness (QED) is 0.674. The molecule has 2 atom stereocenters. The molecule has 0 amide bonds. The first-order valence-electron chi connectivity index (χ1n) is 3.96. The van der Waals surface area contributed by atoms with E-state index >= 15 is 0 Å². The van der Waals surface area contributed by atoms with E-state index in [1.807, 2.05) is 6.92 Å². The minimum absolute atomic E-state index is 0.0115. The van der Waals surface area contributed by atoms with Gasteiger partial charge in [-0.05, 0) is 19.1 Å². The molecule has 4 heteroatoms. The summed E-state index contributed by atoms with van der Waals surface area (Å²) in [5.41, 5.74) is 0.810. The third-order valence-electron chi connectivity index (χ3n) is 2.02. The van der Waals surface area contributed by atoms with E-state index in [1.165, 1.54) is 0 Å². The van der Waals surface area contributed by atoms with E-state index in [1.54, 1.807) is 18.2 Å². The zero-order valence-corrected chi connectivity index (χ0v) is 8.47. The topological polar surface area (TPSA) is 18.5 Å². The van der Waals surface area contributed by atoms with Crippen molar-refractivity contribution >= 4 is 23.2 Å². The maximum atomic E-state index is 5.98. The van der Waals surface area contributed by atoms with Crippen LogP contribution in [-0.2, 0) is 9.78 Å². The van der Waals surface area contributed by atoms with Gasteiger partial charge in [0.2, 0.25) is 0 Å². The fourth-order valence-corrected chi connectivity index (χ4v) is 1.90. The molecule has 1 heterocycles. The summed E-state index contributed by atoms with van der Waals surface area (Å²) in [6.45, 7) is 1.91. The summed E-state index contributed by atoms with van der Waals surface area (Å²) in [4.78, 5) is 9.71. The number of rotatable bonds is 1. The Morgan fingerprint density at radius 1 is 1.15 bits per heavy atom. The molecule has 0 spiro atoms. The average Bonchev–Trinajstić information content (AvgIpc) is 2.09. The van der Waals surface area contributed by atoms with Crippen molar-refractivity contribution in [2.45, 2.75) is 19.1 Å². The molecule has 13 heavy (non-hydrogen) atoms. The van der Waals surface area contributed by atoms with Crippen LogP contribution in [0.25, 0.3) is 0 Å². The molecule has 70 valence electrons. The SMILES string of the molecule is C[C@@H]1OO[C@H]1c1c(Cl)cccc1Cl. The molecular weight excluding hydrogens is 211 g/mol. The van der Waals surface area contributed by atoms with E-state index in [0.717, 1.165) is 5.56 Å². The van der Waals surface area contributed by atoms with Gasteiger partial charge in [0, 0.05) is 15.6 Å². The third-order valence-corrected chi connectivity index (χ3v) is 2.68. The second-order valence-corrected chi connectivity index (χ2v) is 3.77. The molecule has 1 aliphatic heterocycles. The molecule has 0 aromatic heterocycles. The molecule has 1 aromatic carbocycles. The molecule has 0 unspecified atom stereocenters. The number of hydrogen-bond donors (Lipinski definition) is 0. The van der Waals surface area contributed by atoms with Crippen molar-refractivity contribution < 1.29 is 9.78 Å². The Morgan fingerprint density at radius 2 is 1.77 bits per heavy atom. The summed E-state index contributed by atoms with van der Waals surface area (Å²) in [5, 5.41) is 1.24. The van der Waals surface area contributed by atoms with Gasteiger partial charge in [-0.25, -0.2) is 9.78 Å². The highest BCUT2D eigenvalue weighted by molar-refractivity contribution is 6.36. The van der Waals surface area contributed by atoms with E-state index in [-0.39, 0.29) is 12.2 Å². The Bertz CT molecular complexity index is 307. The fraction of sp³-hybridized carbons (Fsp3) is 0.333. The second-order valence-electron chi connectivity index (χ2n) is 2.95. The van der Waals surface area contributed by atoms with E-state index < -0.39 is 0 Å². The molecule has 1 aliphatic rings. The van der Waals surface area contributed by atoms with Gasteiger partial charge in [-0.2, -0.15) is 0 Å². The van der Waals surface area contributed by atoms with Crippen molar-refractivity contribution in [1.29, 1.82) is 0 Å². The van der Waals surface area contributed by atoms with Gasteiger partial charge in [0.15, 0.2) is 0 Å². The van der Waals surface area contributed by atoms with Gasteiger partial charge in [-0.1, -0.05) is 29.3 Å². The fourth-order valence-electron chi connectivity index (χ4n) is 1.29. The van der Waals surface area contributed by atoms with Gasteiger partial charge < -0.3 is 0 Å². The van der Waals surface area contributed by atoms with Crippen molar-refractivity contribution in [3.8, 4) is 0 Å². The molecular formula is C9H8Cl2O2. The average molecular weight is 219 g/mol. The molecule has 0 bridgehead atoms. The Morgan fingerprint density at radius 3 is 2.15 bits per heavy atom. The highest BCUT2D eigenvalue weighted by Gasteiger charge is 2.35. The number of halogens is 2. The van der Waals surface area contributed by atoms with Crippen LogP contribution < -0.4 is 0 Å². The summed E-state index contributed by atoms with van der Waals surface area (Å²) in [6, 6.07) is 5.38. The molecule has 0 saturated carbocycles. The molecule has 0 N–H and O–H groups in total. The Balaban J connectivity index is 2.38. The van der Waals surface area contributed by atoms with E-state index in [0.29, 0.717) is 10.0 Å². The number of hydrogen-bond acceptors (Lipinski definition) is 2. The van der Waals surface area contributed by atoms with Crippen LogP contribution in [0.3, 0.4) is 0 Å². The monoisotopic (exact) mass is 218 g/mol. The smallest absolute Gasteiger partial charge is 0.150 e. The standard InChI is InChI=1S/C9H8Cl2O2/c1-5-9(13-12-5)8-6(10)3-2-4-7(8)11/h2-5,9H,1H3/t5-,9+/m0/s1. The van der Waals surface area contributed by atoms with Crippen LogP contribution in [0.15, 0.2) is 18.2 Å². The first kappa shape index (κ1) is 9.28. The van der Waals surface area contributed by atoms with Crippen molar-refractivity contribution in [2.24, 2.45) is 0 Å². The lowest BCUT2D eigenvalue weighted by Gasteiger charge is -2.33. The lowest BCUT2D eigenvalue weighted by atomic mass is 10.0. The van der Waals surface area contributed by atoms with Crippen molar-refractivity contribution in [1.82, 2.24) is 0 Å². The second kappa shape index (κ2) is 3.46. The first-order valence-corrected chi connectivity index (χ1v) is 4.72. The Kier molecular flexibility index (Phi) is 2.47. The summed E-state index contributed by atoms with van der Waals surface area (Å²) >= 11 is 12.0. The van der Waals surface area contributed by atoms with Crippen LogP contribution in [0.2, 0.25) is 10.0 Å². The lowest BCUT2D eigenvalue weighted by molar-refractivity contribution is -0.465. The van der Waals surface area contributed by atoms with Gasteiger partial charge >= 0.3 is 0 Å². The highest BCUT2D eigenvalue weighted by atomic mass is 35.5. The normalized spacial score (nSPS) is 27.0. The largest absolute Gasteiger partial charge is 0.230 e. The number of benzene rings is 1. The molecule has 1 aromatic rings. The van der Waals surface area contributed by atoms with Gasteiger partial charge in [0.1, 0.15) is 12.2 Å². The maximum Gasteiger partial charge on any atom is 0.150 e. The zero-order chi connectivity index (χ0) is 9.42.